The van der Waals surface area contributed by atoms with Crippen molar-refractivity contribution in [2.24, 2.45) is 0 Å². The molecule has 0 saturated heterocycles. The zero-order chi connectivity index (χ0) is 17.1. The monoisotopic (exact) mass is 343 g/mol. The third-order valence-electron chi connectivity index (χ3n) is 3.65. The maximum absolute atomic E-state index is 5.47. The Morgan fingerprint density at radius 3 is 2.21 bits per heavy atom. The molecule has 0 aliphatic heterocycles. The average Bonchev–Trinajstić information content (AvgIpc) is 3.02. The lowest BCUT2D eigenvalue weighted by Gasteiger charge is -2.13. The van der Waals surface area contributed by atoms with Gasteiger partial charge < -0.3 is 14.2 Å². The molecule has 0 fully saturated rings. The minimum absolute atomic E-state index is 0.465. The van der Waals surface area contributed by atoms with Gasteiger partial charge in [0.15, 0.2) is 10.6 Å². The summed E-state index contributed by atoms with van der Waals surface area (Å²) in [6.07, 6.45) is 0. The van der Waals surface area contributed by atoms with E-state index >= 15 is 0 Å². The smallest absolute Gasteiger partial charge is 0.200 e. The molecule has 1 heterocycles. The summed E-state index contributed by atoms with van der Waals surface area (Å²) in [7, 11) is 4.86. The third kappa shape index (κ3) is 2.85. The number of hydrogen-bond acceptors (Lipinski definition) is 5. The normalized spacial score (nSPS) is 10.5. The van der Waals surface area contributed by atoms with Crippen LogP contribution < -0.4 is 14.2 Å². The molecular formula is C17H17N3O3S. The first kappa shape index (κ1) is 16.1. The lowest BCUT2D eigenvalue weighted by Crippen LogP contribution is -2.01. The number of aromatic nitrogens is 3. The van der Waals surface area contributed by atoms with Crippen LogP contribution in [0.1, 0.15) is 0 Å². The van der Waals surface area contributed by atoms with Crippen LogP contribution in [0.5, 0.6) is 17.2 Å². The van der Waals surface area contributed by atoms with Crippen molar-refractivity contribution in [1.29, 1.82) is 0 Å². The molecule has 0 spiro atoms. The van der Waals surface area contributed by atoms with Gasteiger partial charge in [-0.3, -0.25) is 9.67 Å². The fourth-order valence-electron chi connectivity index (χ4n) is 2.43. The van der Waals surface area contributed by atoms with E-state index in [9.17, 15) is 0 Å². The molecule has 3 rings (SSSR count). The molecule has 0 aliphatic carbocycles. The molecule has 7 heteroatoms. The summed E-state index contributed by atoms with van der Waals surface area (Å²) in [5, 5.41) is 7.20. The SMILES string of the molecule is COc1ccc(-c2n[nH]c(=S)n2-c2cc(OC)ccc2OC)cc1. The molecule has 0 unspecified atom stereocenters. The number of methoxy groups -OCH3 is 3. The van der Waals surface area contributed by atoms with Crippen LogP contribution in [0.2, 0.25) is 0 Å². The van der Waals surface area contributed by atoms with Crippen LogP contribution in [-0.4, -0.2) is 36.1 Å². The van der Waals surface area contributed by atoms with Gasteiger partial charge in [0, 0.05) is 11.6 Å². The maximum Gasteiger partial charge on any atom is 0.200 e. The van der Waals surface area contributed by atoms with Gasteiger partial charge in [0.25, 0.3) is 0 Å². The Balaban J connectivity index is 2.19. The standard InChI is InChI=1S/C17H17N3O3S/c1-21-12-6-4-11(5-7-12)16-18-19-17(24)20(16)14-10-13(22-2)8-9-15(14)23-3/h4-10H,1-3H3,(H,19,24). The Kier molecular flexibility index (Phi) is 4.52. The van der Waals surface area contributed by atoms with E-state index in [-0.39, 0.29) is 0 Å². The molecule has 24 heavy (non-hydrogen) atoms. The molecule has 0 saturated carbocycles. The van der Waals surface area contributed by atoms with Gasteiger partial charge >= 0.3 is 0 Å². The van der Waals surface area contributed by atoms with Crippen molar-refractivity contribution in [2.75, 3.05) is 21.3 Å². The van der Waals surface area contributed by atoms with E-state index in [0.717, 1.165) is 17.0 Å². The fourth-order valence-corrected chi connectivity index (χ4v) is 2.66. The van der Waals surface area contributed by atoms with Crippen LogP contribution in [0.15, 0.2) is 42.5 Å². The number of H-pyrrole nitrogens is 1. The van der Waals surface area contributed by atoms with Crippen LogP contribution in [0.4, 0.5) is 0 Å². The largest absolute Gasteiger partial charge is 0.497 e. The highest BCUT2D eigenvalue weighted by Gasteiger charge is 2.15. The number of ether oxygens (including phenoxy) is 3. The van der Waals surface area contributed by atoms with Crippen molar-refractivity contribution in [2.45, 2.75) is 0 Å². The second kappa shape index (κ2) is 6.76. The Morgan fingerprint density at radius 2 is 1.58 bits per heavy atom. The Labute approximate surface area is 144 Å². The van der Waals surface area contributed by atoms with Gasteiger partial charge in [-0.2, -0.15) is 5.10 Å². The zero-order valence-corrected chi connectivity index (χ0v) is 14.4. The Bertz CT molecular complexity index is 900. The van der Waals surface area contributed by atoms with Crippen LogP contribution in [0.25, 0.3) is 17.1 Å². The summed E-state index contributed by atoms with van der Waals surface area (Å²) in [5.74, 6) is 2.82. The minimum atomic E-state index is 0.465. The molecule has 0 amide bonds. The number of benzene rings is 2. The number of aromatic amines is 1. The predicted molar refractivity (Wildman–Crippen MR) is 93.8 cm³/mol. The van der Waals surface area contributed by atoms with E-state index in [1.54, 1.807) is 21.3 Å². The number of nitrogens with one attached hydrogen (secondary N) is 1. The van der Waals surface area contributed by atoms with E-state index in [4.69, 9.17) is 26.4 Å². The summed E-state index contributed by atoms with van der Waals surface area (Å²) in [6.45, 7) is 0. The molecule has 0 atom stereocenters. The van der Waals surface area contributed by atoms with Gasteiger partial charge in [0.05, 0.1) is 27.0 Å². The molecule has 0 aliphatic rings. The molecule has 3 aromatic rings. The summed E-state index contributed by atoms with van der Waals surface area (Å²) in [4.78, 5) is 0. The quantitative estimate of drug-likeness (QED) is 0.717. The molecule has 124 valence electrons. The molecule has 2 aromatic carbocycles. The maximum atomic E-state index is 5.47. The second-order valence-electron chi connectivity index (χ2n) is 4.95. The minimum Gasteiger partial charge on any atom is -0.497 e. The molecule has 1 N–H and O–H groups in total. The lowest BCUT2D eigenvalue weighted by atomic mass is 10.2. The second-order valence-corrected chi connectivity index (χ2v) is 5.34. The summed E-state index contributed by atoms with van der Waals surface area (Å²) >= 11 is 5.41. The van der Waals surface area contributed by atoms with Gasteiger partial charge in [-0.1, -0.05) is 0 Å². The fraction of sp³-hybridized carbons (Fsp3) is 0.176. The van der Waals surface area contributed by atoms with Gasteiger partial charge in [-0.05, 0) is 48.6 Å². The van der Waals surface area contributed by atoms with Crippen molar-refractivity contribution >= 4 is 12.2 Å². The number of rotatable bonds is 5. The first-order valence-corrected chi connectivity index (χ1v) is 7.63. The van der Waals surface area contributed by atoms with Crippen molar-refractivity contribution in [3.8, 4) is 34.3 Å². The predicted octanol–water partition coefficient (Wildman–Crippen LogP) is 3.62. The van der Waals surface area contributed by atoms with Gasteiger partial charge in [0.1, 0.15) is 17.2 Å². The van der Waals surface area contributed by atoms with Crippen molar-refractivity contribution < 1.29 is 14.2 Å². The lowest BCUT2D eigenvalue weighted by molar-refractivity contribution is 0.401. The summed E-state index contributed by atoms with van der Waals surface area (Å²) in [6, 6.07) is 13.1. The van der Waals surface area contributed by atoms with Crippen LogP contribution in [-0.2, 0) is 0 Å². The van der Waals surface area contributed by atoms with Gasteiger partial charge in [-0.25, -0.2) is 0 Å². The topological polar surface area (TPSA) is 61.3 Å². The molecule has 0 bridgehead atoms. The summed E-state index contributed by atoms with van der Waals surface area (Å²) in [5.41, 5.74) is 1.65. The highest BCUT2D eigenvalue weighted by atomic mass is 32.1. The van der Waals surface area contributed by atoms with E-state index in [2.05, 4.69) is 10.2 Å². The highest BCUT2D eigenvalue weighted by molar-refractivity contribution is 7.71. The van der Waals surface area contributed by atoms with E-state index in [1.807, 2.05) is 47.0 Å². The Morgan fingerprint density at radius 1 is 0.917 bits per heavy atom. The first-order valence-electron chi connectivity index (χ1n) is 7.22. The number of hydrogen-bond donors (Lipinski definition) is 1. The molecular weight excluding hydrogens is 326 g/mol. The first-order chi connectivity index (χ1) is 11.7. The third-order valence-corrected chi connectivity index (χ3v) is 3.92. The summed E-state index contributed by atoms with van der Waals surface area (Å²) < 4.78 is 18.3. The van der Waals surface area contributed by atoms with Crippen LogP contribution in [0, 0.1) is 4.77 Å². The van der Waals surface area contributed by atoms with E-state index < -0.39 is 0 Å². The molecule has 1 aromatic heterocycles. The zero-order valence-electron chi connectivity index (χ0n) is 13.6. The van der Waals surface area contributed by atoms with Crippen molar-refractivity contribution in [1.82, 2.24) is 14.8 Å². The van der Waals surface area contributed by atoms with Crippen molar-refractivity contribution in [3.05, 3.63) is 47.2 Å². The van der Waals surface area contributed by atoms with E-state index in [0.29, 0.717) is 22.1 Å². The van der Waals surface area contributed by atoms with Gasteiger partial charge in [0.2, 0.25) is 0 Å². The van der Waals surface area contributed by atoms with Crippen LogP contribution in [0.3, 0.4) is 0 Å². The molecule has 0 radical (unpaired) electrons. The van der Waals surface area contributed by atoms with Crippen LogP contribution >= 0.6 is 12.2 Å². The number of nitrogens with zero attached hydrogens (tertiary/aromatic N) is 2. The van der Waals surface area contributed by atoms with Crippen molar-refractivity contribution in [3.63, 3.8) is 0 Å². The van der Waals surface area contributed by atoms with Gasteiger partial charge in [-0.15, -0.1) is 0 Å². The Hall–Kier alpha value is -2.80. The average molecular weight is 343 g/mol. The molecule has 6 nitrogen and oxygen atoms in total. The highest BCUT2D eigenvalue weighted by Crippen LogP contribution is 2.31. The van der Waals surface area contributed by atoms with E-state index in [1.165, 1.54) is 0 Å².